The highest BCUT2D eigenvalue weighted by atomic mass is 127. The zero-order chi connectivity index (χ0) is 13.8. The molecule has 0 atom stereocenters. The van der Waals surface area contributed by atoms with Crippen molar-refractivity contribution in [3.8, 4) is 5.75 Å². The van der Waals surface area contributed by atoms with Gasteiger partial charge in [0.1, 0.15) is 18.1 Å². The van der Waals surface area contributed by atoms with Gasteiger partial charge in [0.05, 0.1) is 0 Å². The first kappa shape index (κ1) is 13.9. The first-order valence-electron chi connectivity index (χ1n) is 5.93. The SMILES string of the molecule is C=C(O)c1ccc(C)c(OCc2ccccc2I)c1. The molecule has 1 N–H and O–H groups in total. The largest absolute Gasteiger partial charge is 0.508 e. The number of aryl methyl sites for hydroxylation is 1. The van der Waals surface area contributed by atoms with E-state index in [0.717, 1.165) is 16.9 Å². The molecule has 0 aliphatic carbocycles. The van der Waals surface area contributed by atoms with Crippen molar-refractivity contribution in [2.45, 2.75) is 13.5 Å². The first-order valence-corrected chi connectivity index (χ1v) is 7.01. The molecule has 19 heavy (non-hydrogen) atoms. The maximum Gasteiger partial charge on any atom is 0.123 e. The Morgan fingerprint density at radius 3 is 2.68 bits per heavy atom. The number of halogens is 1. The molecule has 0 saturated carbocycles. The lowest BCUT2D eigenvalue weighted by atomic mass is 10.1. The summed E-state index contributed by atoms with van der Waals surface area (Å²) in [6, 6.07) is 13.7. The summed E-state index contributed by atoms with van der Waals surface area (Å²) in [5, 5.41) is 9.42. The molecule has 2 nitrogen and oxygen atoms in total. The molecule has 2 aromatic carbocycles. The summed E-state index contributed by atoms with van der Waals surface area (Å²) in [5.74, 6) is 0.825. The van der Waals surface area contributed by atoms with Crippen LogP contribution in [0, 0.1) is 10.5 Å². The van der Waals surface area contributed by atoms with Gasteiger partial charge in [-0.3, -0.25) is 0 Å². The molecule has 0 amide bonds. The highest BCUT2D eigenvalue weighted by molar-refractivity contribution is 14.1. The van der Waals surface area contributed by atoms with Crippen LogP contribution in [0.25, 0.3) is 5.76 Å². The van der Waals surface area contributed by atoms with Crippen molar-refractivity contribution >= 4 is 28.4 Å². The van der Waals surface area contributed by atoms with Crippen LogP contribution in [-0.2, 0) is 6.61 Å². The number of aliphatic hydroxyl groups excluding tert-OH is 1. The van der Waals surface area contributed by atoms with E-state index in [2.05, 4.69) is 35.2 Å². The Hall–Kier alpha value is -1.49. The Morgan fingerprint density at radius 1 is 1.26 bits per heavy atom. The lowest BCUT2D eigenvalue weighted by Gasteiger charge is -2.11. The van der Waals surface area contributed by atoms with E-state index < -0.39 is 0 Å². The monoisotopic (exact) mass is 366 g/mol. The first-order chi connectivity index (χ1) is 9.08. The second kappa shape index (κ2) is 6.10. The fourth-order valence-corrected chi connectivity index (χ4v) is 2.25. The molecule has 3 heteroatoms. The van der Waals surface area contributed by atoms with Gasteiger partial charge >= 0.3 is 0 Å². The summed E-state index contributed by atoms with van der Waals surface area (Å²) in [6.45, 7) is 6.02. The van der Waals surface area contributed by atoms with Crippen molar-refractivity contribution in [1.82, 2.24) is 0 Å². The highest BCUT2D eigenvalue weighted by Gasteiger charge is 2.05. The van der Waals surface area contributed by atoms with Crippen molar-refractivity contribution in [2.24, 2.45) is 0 Å². The summed E-state index contributed by atoms with van der Waals surface area (Å²) >= 11 is 2.29. The number of hydrogen-bond donors (Lipinski definition) is 1. The third-order valence-electron chi connectivity index (χ3n) is 2.86. The molecule has 0 bridgehead atoms. The molecule has 0 fully saturated rings. The minimum atomic E-state index is 0.0548. The zero-order valence-corrected chi connectivity index (χ0v) is 12.8. The second-order valence-electron chi connectivity index (χ2n) is 4.31. The average molecular weight is 366 g/mol. The predicted molar refractivity (Wildman–Crippen MR) is 86.3 cm³/mol. The molecule has 98 valence electrons. The minimum absolute atomic E-state index is 0.0548. The predicted octanol–water partition coefficient (Wildman–Crippen LogP) is 4.71. The van der Waals surface area contributed by atoms with E-state index in [0.29, 0.717) is 12.2 Å². The molecular formula is C16H15IO2. The molecular weight excluding hydrogens is 351 g/mol. The van der Waals surface area contributed by atoms with Crippen LogP contribution in [0.1, 0.15) is 16.7 Å². The van der Waals surface area contributed by atoms with E-state index in [1.165, 1.54) is 3.57 Å². The molecule has 2 aromatic rings. The number of benzene rings is 2. The molecule has 0 unspecified atom stereocenters. The summed E-state index contributed by atoms with van der Waals surface area (Å²) in [7, 11) is 0. The van der Waals surface area contributed by atoms with E-state index in [1.54, 1.807) is 0 Å². The molecule has 0 heterocycles. The van der Waals surface area contributed by atoms with E-state index in [-0.39, 0.29) is 5.76 Å². The molecule has 0 aliphatic heterocycles. The third kappa shape index (κ3) is 3.50. The average Bonchev–Trinajstić information content (AvgIpc) is 2.39. The highest BCUT2D eigenvalue weighted by Crippen LogP contribution is 2.24. The molecule has 0 saturated heterocycles. The van der Waals surface area contributed by atoms with Gasteiger partial charge in [-0.05, 0) is 47.2 Å². The van der Waals surface area contributed by atoms with Crippen LogP contribution >= 0.6 is 22.6 Å². The van der Waals surface area contributed by atoms with Crippen molar-refractivity contribution in [2.75, 3.05) is 0 Å². The van der Waals surface area contributed by atoms with E-state index in [4.69, 9.17) is 4.74 Å². The van der Waals surface area contributed by atoms with Crippen LogP contribution < -0.4 is 4.74 Å². The van der Waals surface area contributed by atoms with Crippen LogP contribution in [0.3, 0.4) is 0 Å². The Balaban J connectivity index is 2.17. The van der Waals surface area contributed by atoms with Gasteiger partial charge in [-0.2, -0.15) is 0 Å². The molecule has 0 aromatic heterocycles. The summed E-state index contributed by atoms with van der Waals surface area (Å²) in [4.78, 5) is 0. The smallest absolute Gasteiger partial charge is 0.123 e. The van der Waals surface area contributed by atoms with Gasteiger partial charge in [0.2, 0.25) is 0 Å². The summed E-state index contributed by atoms with van der Waals surface area (Å²) in [5.41, 5.74) is 2.87. The van der Waals surface area contributed by atoms with E-state index in [1.807, 2.05) is 43.3 Å². The van der Waals surface area contributed by atoms with Crippen LogP contribution in [0.5, 0.6) is 5.75 Å². The molecule has 0 aliphatic rings. The number of ether oxygens (including phenoxy) is 1. The fourth-order valence-electron chi connectivity index (χ4n) is 1.71. The van der Waals surface area contributed by atoms with Crippen LogP contribution in [0.2, 0.25) is 0 Å². The molecule has 0 spiro atoms. The number of aliphatic hydroxyl groups is 1. The Labute approximate surface area is 126 Å². The standard InChI is InChI=1S/C16H15IO2/c1-11-7-8-13(12(2)18)9-16(11)19-10-14-5-3-4-6-15(14)17/h3-9,18H,2,10H2,1H3. The van der Waals surface area contributed by atoms with Gasteiger partial charge in [-0.25, -0.2) is 0 Å². The topological polar surface area (TPSA) is 29.5 Å². The maximum absolute atomic E-state index is 9.42. The van der Waals surface area contributed by atoms with Crippen molar-refractivity contribution in [3.05, 3.63) is 69.3 Å². The van der Waals surface area contributed by atoms with Crippen molar-refractivity contribution in [3.63, 3.8) is 0 Å². The van der Waals surface area contributed by atoms with E-state index >= 15 is 0 Å². The van der Waals surface area contributed by atoms with E-state index in [9.17, 15) is 5.11 Å². The summed E-state index contributed by atoms with van der Waals surface area (Å²) in [6.07, 6.45) is 0. The van der Waals surface area contributed by atoms with Crippen molar-refractivity contribution in [1.29, 1.82) is 0 Å². The number of rotatable bonds is 4. The Kier molecular flexibility index (Phi) is 4.47. The minimum Gasteiger partial charge on any atom is -0.508 e. The third-order valence-corrected chi connectivity index (χ3v) is 3.91. The van der Waals surface area contributed by atoms with Gasteiger partial charge in [0.15, 0.2) is 0 Å². The maximum atomic E-state index is 9.42. The van der Waals surface area contributed by atoms with Crippen LogP contribution in [0.15, 0.2) is 49.0 Å². The summed E-state index contributed by atoms with van der Waals surface area (Å²) < 4.78 is 7.02. The fraction of sp³-hybridized carbons (Fsp3) is 0.125. The van der Waals surface area contributed by atoms with Crippen LogP contribution in [-0.4, -0.2) is 5.11 Å². The lowest BCUT2D eigenvalue weighted by molar-refractivity contribution is 0.303. The second-order valence-corrected chi connectivity index (χ2v) is 5.47. The molecule has 2 rings (SSSR count). The van der Waals surface area contributed by atoms with Gasteiger partial charge in [0.25, 0.3) is 0 Å². The van der Waals surface area contributed by atoms with Crippen LogP contribution in [0.4, 0.5) is 0 Å². The van der Waals surface area contributed by atoms with Gasteiger partial charge in [0, 0.05) is 14.7 Å². The Bertz CT molecular complexity index is 605. The van der Waals surface area contributed by atoms with Gasteiger partial charge in [-0.1, -0.05) is 36.9 Å². The van der Waals surface area contributed by atoms with Crippen molar-refractivity contribution < 1.29 is 9.84 Å². The quantitative estimate of drug-likeness (QED) is 0.628. The zero-order valence-electron chi connectivity index (χ0n) is 10.7. The van der Waals surface area contributed by atoms with Gasteiger partial charge in [-0.15, -0.1) is 0 Å². The van der Waals surface area contributed by atoms with Gasteiger partial charge < -0.3 is 9.84 Å². The Morgan fingerprint density at radius 2 is 2.00 bits per heavy atom. The number of hydrogen-bond acceptors (Lipinski definition) is 2. The lowest BCUT2D eigenvalue weighted by Crippen LogP contribution is -1.99. The molecule has 0 radical (unpaired) electrons. The normalized spacial score (nSPS) is 10.2.